The van der Waals surface area contributed by atoms with Gasteiger partial charge in [-0.2, -0.15) is 0 Å². The predicted octanol–water partition coefficient (Wildman–Crippen LogP) is 2.36. The molecule has 2 N–H and O–H groups in total. The van der Waals surface area contributed by atoms with E-state index in [9.17, 15) is 4.79 Å². The lowest BCUT2D eigenvalue weighted by atomic mass is 9.99. The van der Waals surface area contributed by atoms with Crippen molar-refractivity contribution in [1.82, 2.24) is 10.6 Å². The summed E-state index contributed by atoms with van der Waals surface area (Å²) in [6.45, 7) is 4.31. The molecule has 1 atom stereocenters. The second-order valence-electron chi connectivity index (χ2n) is 5.41. The van der Waals surface area contributed by atoms with E-state index in [0.29, 0.717) is 6.54 Å². The minimum Gasteiger partial charge on any atom is -0.459 e. The number of rotatable bonds is 3. The first kappa shape index (κ1) is 13.2. The lowest BCUT2D eigenvalue weighted by Gasteiger charge is -2.21. The average molecular weight is 272 g/mol. The Morgan fingerprint density at radius 1 is 1.45 bits per heavy atom. The fourth-order valence-electron chi connectivity index (χ4n) is 2.78. The molecule has 0 radical (unpaired) electrons. The van der Waals surface area contributed by atoms with E-state index >= 15 is 0 Å². The fraction of sp³-hybridized carbons (Fsp3) is 0.438. The number of para-hydroxylation sites is 1. The number of carbonyl (C=O) groups is 1. The number of hydrogen-bond donors (Lipinski definition) is 2. The monoisotopic (exact) mass is 272 g/mol. The molecule has 0 saturated carbocycles. The molecule has 2 aromatic rings. The van der Waals surface area contributed by atoms with Gasteiger partial charge in [-0.1, -0.05) is 18.2 Å². The maximum atomic E-state index is 12.1. The van der Waals surface area contributed by atoms with E-state index in [0.717, 1.165) is 48.2 Å². The summed E-state index contributed by atoms with van der Waals surface area (Å²) in [5, 5.41) is 7.38. The molecule has 4 nitrogen and oxygen atoms in total. The number of piperidine rings is 1. The van der Waals surface area contributed by atoms with Crippen molar-refractivity contribution in [2.45, 2.75) is 26.3 Å². The second kappa shape index (κ2) is 5.67. The number of benzene rings is 1. The fourth-order valence-corrected chi connectivity index (χ4v) is 2.78. The van der Waals surface area contributed by atoms with Gasteiger partial charge >= 0.3 is 0 Å². The molecule has 4 heteroatoms. The van der Waals surface area contributed by atoms with Crippen LogP contribution in [0.4, 0.5) is 0 Å². The maximum Gasteiger partial charge on any atom is 0.224 e. The van der Waals surface area contributed by atoms with Gasteiger partial charge in [0.05, 0.1) is 12.5 Å². The van der Waals surface area contributed by atoms with Crippen LogP contribution in [-0.2, 0) is 11.3 Å². The highest BCUT2D eigenvalue weighted by Gasteiger charge is 2.21. The summed E-state index contributed by atoms with van der Waals surface area (Å²) in [4.78, 5) is 12.1. The van der Waals surface area contributed by atoms with Crippen LogP contribution in [0.2, 0.25) is 0 Å². The summed E-state index contributed by atoms with van der Waals surface area (Å²) < 4.78 is 5.81. The van der Waals surface area contributed by atoms with E-state index in [1.165, 1.54) is 0 Å². The molecule has 0 spiro atoms. The molecule has 3 rings (SSSR count). The maximum absolute atomic E-state index is 12.1. The minimum absolute atomic E-state index is 0.0911. The van der Waals surface area contributed by atoms with E-state index in [4.69, 9.17) is 4.42 Å². The third-order valence-electron chi connectivity index (χ3n) is 4.03. The average Bonchev–Trinajstić information content (AvgIpc) is 2.83. The van der Waals surface area contributed by atoms with E-state index in [1.54, 1.807) is 0 Å². The van der Waals surface area contributed by atoms with E-state index in [1.807, 2.05) is 31.2 Å². The summed E-state index contributed by atoms with van der Waals surface area (Å²) >= 11 is 0. The molecule has 2 heterocycles. The molecule has 1 aromatic heterocycles. The van der Waals surface area contributed by atoms with Crippen LogP contribution in [0.5, 0.6) is 0 Å². The first-order chi connectivity index (χ1) is 9.75. The number of fused-ring (bicyclic) bond motifs is 1. The number of carbonyl (C=O) groups excluding carboxylic acids is 1. The van der Waals surface area contributed by atoms with Crippen LogP contribution in [0.3, 0.4) is 0 Å². The van der Waals surface area contributed by atoms with Gasteiger partial charge in [0.15, 0.2) is 0 Å². The number of nitrogens with one attached hydrogen (secondary N) is 2. The highest BCUT2D eigenvalue weighted by molar-refractivity contribution is 5.82. The number of hydrogen-bond acceptors (Lipinski definition) is 3. The summed E-state index contributed by atoms with van der Waals surface area (Å²) in [6, 6.07) is 7.96. The zero-order valence-corrected chi connectivity index (χ0v) is 11.7. The van der Waals surface area contributed by atoms with Crippen molar-refractivity contribution in [3.63, 3.8) is 0 Å². The smallest absolute Gasteiger partial charge is 0.224 e. The highest BCUT2D eigenvalue weighted by atomic mass is 16.3. The molecule has 1 fully saturated rings. The molecule has 1 saturated heterocycles. The zero-order chi connectivity index (χ0) is 13.9. The van der Waals surface area contributed by atoms with Crippen molar-refractivity contribution in [3.05, 3.63) is 35.6 Å². The highest BCUT2D eigenvalue weighted by Crippen LogP contribution is 2.24. The van der Waals surface area contributed by atoms with Gasteiger partial charge in [0, 0.05) is 17.5 Å². The van der Waals surface area contributed by atoms with Gasteiger partial charge in [-0.05, 0) is 32.4 Å². The Bertz CT molecular complexity index is 612. The quantitative estimate of drug-likeness (QED) is 0.902. The minimum atomic E-state index is 0.0911. The molecular weight excluding hydrogens is 252 g/mol. The van der Waals surface area contributed by atoms with Crippen molar-refractivity contribution < 1.29 is 9.21 Å². The molecule has 1 aliphatic heterocycles. The Kier molecular flexibility index (Phi) is 3.74. The molecule has 0 bridgehead atoms. The Labute approximate surface area is 118 Å². The van der Waals surface area contributed by atoms with E-state index in [2.05, 4.69) is 10.6 Å². The molecular formula is C16H20N2O2. The Morgan fingerprint density at radius 3 is 3.05 bits per heavy atom. The van der Waals surface area contributed by atoms with Gasteiger partial charge in [0.25, 0.3) is 0 Å². The topological polar surface area (TPSA) is 54.3 Å². The third kappa shape index (κ3) is 2.56. The van der Waals surface area contributed by atoms with E-state index < -0.39 is 0 Å². The molecule has 1 amide bonds. The van der Waals surface area contributed by atoms with Crippen LogP contribution < -0.4 is 10.6 Å². The molecule has 1 aromatic carbocycles. The Morgan fingerprint density at radius 2 is 2.30 bits per heavy atom. The van der Waals surface area contributed by atoms with Gasteiger partial charge in [-0.15, -0.1) is 0 Å². The molecule has 1 aliphatic rings. The molecule has 1 unspecified atom stereocenters. The lowest BCUT2D eigenvalue weighted by molar-refractivity contribution is -0.125. The molecule has 20 heavy (non-hydrogen) atoms. The first-order valence-electron chi connectivity index (χ1n) is 7.21. The van der Waals surface area contributed by atoms with Crippen LogP contribution in [0.25, 0.3) is 11.0 Å². The van der Waals surface area contributed by atoms with Crippen molar-refractivity contribution in [2.75, 3.05) is 13.1 Å². The van der Waals surface area contributed by atoms with Crippen molar-refractivity contribution in [1.29, 1.82) is 0 Å². The summed E-state index contributed by atoms with van der Waals surface area (Å²) in [7, 11) is 0. The SMILES string of the molecule is Cc1c(CNC(=O)C2CCCNC2)oc2ccccc12. The Balaban J connectivity index is 1.67. The normalized spacial score (nSPS) is 19.1. The summed E-state index contributed by atoms with van der Waals surface area (Å²) in [5.74, 6) is 1.06. The largest absolute Gasteiger partial charge is 0.459 e. The van der Waals surface area contributed by atoms with Gasteiger partial charge in [0.1, 0.15) is 11.3 Å². The summed E-state index contributed by atoms with van der Waals surface area (Å²) in [6.07, 6.45) is 2.04. The van der Waals surface area contributed by atoms with Crippen molar-refractivity contribution in [3.8, 4) is 0 Å². The van der Waals surface area contributed by atoms with Gasteiger partial charge in [-0.25, -0.2) is 0 Å². The summed E-state index contributed by atoms with van der Waals surface area (Å²) in [5.41, 5.74) is 2.00. The standard InChI is InChI=1S/C16H20N2O2/c1-11-13-6-2-3-7-14(13)20-15(11)10-18-16(19)12-5-4-8-17-9-12/h2-3,6-7,12,17H,4-5,8-10H2,1H3,(H,18,19). The lowest BCUT2D eigenvalue weighted by Crippen LogP contribution is -2.40. The first-order valence-corrected chi connectivity index (χ1v) is 7.21. The van der Waals surface area contributed by atoms with E-state index in [-0.39, 0.29) is 11.8 Å². The number of amides is 1. The third-order valence-corrected chi connectivity index (χ3v) is 4.03. The van der Waals surface area contributed by atoms with Gasteiger partial charge in [0.2, 0.25) is 5.91 Å². The predicted molar refractivity (Wildman–Crippen MR) is 78.4 cm³/mol. The van der Waals surface area contributed by atoms with Crippen LogP contribution in [0, 0.1) is 12.8 Å². The van der Waals surface area contributed by atoms with Crippen molar-refractivity contribution in [2.24, 2.45) is 5.92 Å². The van der Waals surface area contributed by atoms with Crippen LogP contribution in [0.15, 0.2) is 28.7 Å². The number of aryl methyl sites for hydroxylation is 1. The molecule has 0 aliphatic carbocycles. The number of furan rings is 1. The molecule has 106 valence electrons. The second-order valence-corrected chi connectivity index (χ2v) is 5.41. The van der Waals surface area contributed by atoms with Crippen LogP contribution in [-0.4, -0.2) is 19.0 Å². The van der Waals surface area contributed by atoms with Gasteiger partial charge < -0.3 is 15.1 Å². The van der Waals surface area contributed by atoms with Crippen LogP contribution >= 0.6 is 0 Å². The van der Waals surface area contributed by atoms with Gasteiger partial charge in [-0.3, -0.25) is 4.79 Å². The zero-order valence-electron chi connectivity index (χ0n) is 11.7. The van der Waals surface area contributed by atoms with Crippen LogP contribution in [0.1, 0.15) is 24.2 Å². The Hall–Kier alpha value is -1.81. The van der Waals surface area contributed by atoms with Crippen molar-refractivity contribution >= 4 is 16.9 Å².